The molecule has 206 valence electrons. The minimum atomic E-state index is -2.76. The maximum atomic E-state index is 14.3. The summed E-state index contributed by atoms with van der Waals surface area (Å²) < 4.78 is 45.2. The predicted octanol–water partition coefficient (Wildman–Crippen LogP) is 5.05. The van der Waals surface area contributed by atoms with Crippen molar-refractivity contribution in [3.05, 3.63) is 95.5 Å². The van der Waals surface area contributed by atoms with Gasteiger partial charge in [-0.25, -0.2) is 18.4 Å². The van der Waals surface area contributed by atoms with Crippen LogP contribution in [0.3, 0.4) is 0 Å². The van der Waals surface area contributed by atoms with E-state index in [0.29, 0.717) is 36.4 Å². The highest BCUT2D eigenvalue weighted by molar-refractivity contribution is 8.00. The fraction of sp³-hybridized carbons (Fsp3) is 0.300. The minimum absolute atomic E-state index is 0.0636. The number of rotatable bonds is 6. The first-order chi connectivity index (χ1) is 19.1. The van der Waals surface area contributed by atoms with E-state index in [1.807, 2.05) is 20.0 Å². The topological polar surface area (TPSA) is 82.7 Å². The number of carbonyl (C=O) groups is 1. The molecule has 0 amide bonds. The first-order valence-corrected chi connectivity index (χ1v) is 14.9. The summed E-state index contributed by atoms with van der Waals surface area (Å²) in [6.07, 6.45) is 10.4. The molecular weight excluding hydrogens is 532 g/mol. The van der Waals surface area contributed by atoms with Crippen molar-refractivity contribution in [3.63, 3.8) is 0 Å². The van der Waals surface area contributed by atoms with Gasteiger partial charge in [0, 0.05) is 40.3 Å². The number of allylic oxidation sites excluding steroid dienone is 1. The maximum absolute atomic E-state index is 14.3. The highest BCUT2D eigenvalue weighted by Gasteiger charge is 2.51. The second-order valence-corrected chi connectivity index (χ2v) is 13.5. The quantitative estimate of drug-likeness (QED) is 0.243. The van der Waals surface area contributed by atoms with Crippen LogP contribution in [0.2, 0.25) is 0 Å². The van der Waals surface area contributed by atoms with E-state index in [9.17, 15) is 17.8 Å². The van der Waals surface area contributed by atoms with Crippen molar-refractivity contribution in [1.29, 1.82) is 0 Å². The predicted molar refractivity (Wildman–Crippen MR) is 150 cm³/mol. The summed E-state index contributed by atoms with van der Waals surface area (Å²) in [5.74, 6) is 2.87. The number of imidazole rings is 1. The molecule has 2 aliphatic carbocycles. The normalized spacial score (nSPS) is 22.5. The molecule has 4 aromatic rings. The molecule has 6 rings (SSSR count). The standard InChI is InChI=1S/C30H29F2N5O2S/c1-19(40(3,39)28-17-36(2)18-34-28)20-4-5-22-12-27-21(16-35-37(27)25-8-6-23(31)7-9-25)15-30(22,14-20)29(38)26-13-24(32)10-11-33-26/h6-13,16-20H,3-5,14-15H2,1-2H3/t19-,20+,30-,40?/m1/s1. The number of pyridine rings is 1. The Morgan fingerprint density at radius 1 is 1.18 bits per heavy atom. The fourth-order valence-corrected chi connectivity index (χ4v) is 7.98. The molecule has 7 nitrogen and oxygen atoms in total. The van der Waals surface area contributed by atoms with Crippen molar-refractivity contribution in [2.24, 2.45) is 18.4 Å². The number of aromatic nitrogens is 5. The highest BCUT2D eigenvalue weighted by Crippen LogP contribution is 2.53. The van der Waals surface area contributed by atoms with Gasteiger partial charge in [0.15, 0.2) is 5.78 Å². The first-order valence-electron chi connectivity index (χ1n) is 13.1. The summed E-state index contributed by atoms with van der Waals surface area (Å²) in [4.78, 5) is 22.8. The smallest absolute Gasteiger partial charge is 0.191 e. The van der Waals surface area contributed by atoms with Gasteiger partial charge in [-0.1, -0.05) is 12.5 Å². The van der Waals surface area contributed by atoms with Crippen LogP contribution in [-0.2, 0) is 23.0 Å². The maximum Gasteiger partial charge on any atom is 0.191 e. The van der Waals surface area contributed by atoms with E-state index < -0.39 is 20.8 Å². The Hall–Kier alpha value is -3.92. The Bertz CT molecular complexity index is 1760. The number of benzene rings is 1. The zero-order chi connectivity index (χ0) is 28.2. The number of halogens is 2. The number of nitrogens with zero attached hydrogens (tertiary/aromatic N) is 5. The molecule has 0 spiro atoms. The molecule has 1 aromatic carbocycles. The molecule has 40 heavy (non-hydrogen) atoms. The van der Waals surface area contributed by atoms with Gasteiger partial charge in [0.05, 0.1) is 29.3 Å². The lowest BCUT2D eigenvalue weighted by molar-refractivity contribution is 0.0753. The molecule has 0 N–H and O–H groups in total. The van der Waals surface area contributed by atoms with E-state index >= 15 is 0 Å². The van der Waals surface area contributed by atoms with Crippen LogP contribution in [0.15, 0.2) is 71.9 Å². The van der Waals surface area contributed by atoms with Crippen LogP contribution in [0.4, 0.5) is 8.78 Å². The monoisotopic (exact) mass is 561 g/mol. The summed E-state index contributed by atoms with van der Waals surface area (Å²) in [5.41, 5.74) is 2.37. The minimum Gasteiger partial charge on any atom is -0.339 e. The summed E-state index contributed by atoms with van der Waals surface area (Å²) in [6, 6.07) is 8.48. The number of hydrogen-bond acceptors (Lipinski definition) is 5. The molecule has 3 heterocycles. The summed E-state index contributed by atoms with van der Waals surface area (Å²) in [7, 11) is -0.942. The van der Waals surface area contributed by atoms with Crippen molar-refractivity contribution in [3.8, 4) is 5.69 Å². The molecule has 3 aromatic heterocycles. The van der Waals surface area contributed by atoms with Crippen LogP contribution >= 0.6 is 0 Å². The zero-order valence-corrected chi connectivity index (χ0v) is 23.1. The number of hydrogen-bond donors (Lipinski definition) is 0. The van der Waals surface area contributed by atoms with Gasteiger partial charge in [0.2, 0.25) is 0 Å². The van der Waals surface area contributed by atoms with Crippen molar-refractivity contribution < 1.29 is 17.8 Å². The Morgan fingerprint density at radius 2 is 1.95 bits per heavy atom. The summed E-state index contributed by atoms with van der Waals surface area (Å²) in [5, 5.41) is 4.66. The van der Waals surface area contributed by atoms with Gasteiger partial charge in [-0.3, -0.25) is 14.0 Å². The highest BCUT2D eigenvalue weighted by atomic mass is 32.2. The second-order valence-electron chi connectivity index (χ2n) is 10.9. The molecule has 0 bridgehead atoms. The summed E-state index contributed by atoms with van der Waals surface area (Å²) >= 11 is 0. The third kappa shape index (κ3) is 4.30. The third-order valence-electron chi connectivity index (χ3n) is 8.46. The van der Waals surface area contributed by atoms with E-state index in [4.69, 9.17) is 0 Å². The Balaban J connectivity index is 1.43. The van der Waals surface area contributed by atoms with Crippen LogP contribution in [0, 0.1) is 23.0 Å². The molecule has 1 fully saturated rings. The van der Waals surface area contributed by atoms with Crippen LogP contribution in [-0.4, -0.2) is 45.4 Å². The zero-order valence-electron chi connectivity index (χ0n) is 22.3. The van der Waals surface area contributed by atoms with E-state index in [-0.39, 0.29) is 28.5 Å². The first kappa shape index (κ1) is 26.3. The molecule has 0 saturated heterocycles. The number of carbonyl (C=O) groups excluding carboxylic acids is 1. The SMILES string of the molecule is C=S(=O)(c1cn(C)cn1)[C@H](C)[C@H]1CCC2=Cc3c(cnn3-c3ccc(F)cc3)C[C@]2(C(=O)c2cc(F)ccn2)C1. The lowest BCUT2D eigenvalue weighted by Crippen LogP contribution is -2.45. The van der Waals surface area contributed by atoms with Gasteiger partial charge in [0.25, 0.3) is 0 Å². The number of fused-ring (bicyclic) bond motifs is 2. The van der Waals surface area contributed by atoms with Gasteiger partial charge < -0.3 is 4.57 Å². The van der Waals surface area contributed by atoms with E-state index in [1.54, 1.807) is 40.1 Å². The lowest BCUT2D eigenvalue weighted by Gasteiger charge is -2.45. The molecule has 4 atom stereocenters. The lowest BCUT2D eigenvalue weighted by atomic mass is 9.58. The average molecular weight is 562 g/mol. The van der Waals surface area contributed by atoms with Gasteiger partial charge in [-0.05, 0) is 79.4 Å². The Kier molecular flexibility index (Phi) is 6.33. The molecule has 0 aliphatic heterocycles. The van der Waals surface area contributed by atoms with E-state index in [1.165, 1.54) is 30.5 Å². The van der Waals surface area contributed by atoms with Gasteiger partial charge in [-0.2, -0.15) is 5.10 Å². The molecular formula is C30H29F2N5O2S. The second kappa shape index (κ2) is 9.62. The largest absolute Gasteiger partial charge is 0.339 e. The van der Waals surface area contributed by atoms with Crippen molar-refractivity contribution in [1.82, 2.24) is 24.3 Å². The molecule has 2 aliphatic rings. The molecule has 10 heteroatoms. The number of aryl methyl sites for hydroxylation is 1. The van der Waals surface area contributed by atoms with Gasteiger partial charge in [-0.15, -0.1) is 0 Å². The van der Waals surface area contributed by atoms with Crippen LogP contribution in [0.1, 0.15) is 47.9 Å². The molecule has 1 unspecified atom stereocenters. The number of ketones is 1. The van der Waals surface area contributed by atoms with Gasteiger partial charge >= 0.3 is 0 Å². The van der Waals surface area contributed by atoms with E-state index in [2.05, 4.69) is 20.9 Å². The van der Waals surface area contributed by atoms with Crippen molar-refractivity contribution >= 4 is 27.3 Å². The van der Waals surface area contributed by atoms with Gasteiger partial charge in [0.1, 0.15) is 22.4 Å². The summed E-state index contributed by atoms with van der Waals surface area (Å²) in [6.45, 7) is 1.92. The molecule has 0 radical (unpaired) electrons. The van der Waals surface area contributed by atoms with Crippen LogP contribution < -0.4 is 0 Å². The average Bonchev–Trinajstić information content (AvgIpc) is 3.57. The third-order valence-corrected chi connectivity index (χ3v) is 11.0. The van der Waals surface area contributed by atoms with Crippen LogP contribution in [0.25, 0.3) is 11.8 Å². The fourth-order valence-electron chi connectivity index (χ4n) is 6.18. The van der Waals surface area contributed by atoms with Crippen molar-refractivity contribution in [2.75, 3.05) is 0 Å². The molecule has 1 saturated carbocycles. The van der Waals surface area contributed by atoms with Crippen LogP contribution in [0.5, 0.6) is 0 Å². The Labute approximate surface area is 231 Å². The van der Waals surface area contributed by atoms with E-state index in [0.717, 1.165) is 16.8 Å². The number of Topliss-reactive ketones (excluding diaryl/α,β-unsaturated/α-hetero) is 1. The van der Waals surface area contributed by atoms with Crippen molar-refractivity contribution in [2.45, 2.75) is 42.9 Å². The Morgan fingerprint density at radius 3 is 2.65 bits per heavy atom.